The second-order valence-electron chi connectivity index (χ2n) is 4.22. The highest BCUT2D eigenvalue weighted by atomic mass is 79.9. The van der Waals surface area contributed by atoms with Crippen LogP contribution >= 0.6 is 27.3 Å². The summed E-state index contributed by atoms with van der Waals surface area (Å²) >= 11 is 5.38. The Labute approximate surface area is 120 Å². The molecule has 3 nitrogen and oxygen atoms in total. The summed E-state index contributed by atoms with van der Waals surface area (Å²) in [6.07, 6.45) is 6.01. The van der Waals surface area contributed by atoms with Crippen molar-refractivity contribution in [3.8, 4) is 0 Å². The Balaban J connectivity index is 2.15. The van der Waals surface area contributed by atoms with E-state index in [1.165, 1.54) is 9.35 Å². The standard InChI is InChI=1S/C13H18BrN3S/c1-3-6-17-7-5-16-12(17)9-11(15-2)13-10(14)4-8-18-13/h4-5,7-8,11,15H,3,6,9H2,1-2H3. The van der Waals surface area contributed by atoms with Crippen LogP contribution in [0.5, 0.6) is 0 Å². The van der Waals surface area contributed by atoms with Crippen LogP contribution in [0.1, 0.15) is 30.1 Å². The molecular weight excluding hydrogens is 310 g/mol. The van der Waals surface area contributed by atoms with E-state index >= 15 is 0 Å². The highest BCUT2D eigenvalue weighted by Crippen LogP contribution is 2.30. The third-order valence-corrected chi connectivity index (χ3v) is 4.95. The molecular formula is C13H18BrN3S. The molecule has 1 unspecified atom stereocenters. The van der Waals surface area contributed by atoms with Crippen LogP contribution in [-0.4, -0.2) is 16.6 Å². The van der Waals surface area contributed by atoms with Gasteiger partial charge < -0.3 is 9.88 Å². The molecule has 98 valence electrons. The van der Waals surface area contributed by atoms with Crippen molar-refractivity contribution >= 4 is 27.3 Å². The Morgan fingerprint density at radius 3 is 3.00 bits per heavy atom. The predicted octanol–water partition coefficient (Wildman–Crippen LogP) is 3.62. The monoisotopic (exact) mass is 327 g/mol. The largest absolute Gasteiger partial charge is 0.335 e. The molecule has 0 saturated carbocycles. The molecule has 2 heterocycles. The van der Waals surface area contributed by atoms with Crippen molar-refractivity contribution in [3.63, 3.8) is 0 Å². The smallest absolute Gasteiger partial charge is 0.110 e. The van der Waals surface area contributed by atoms with E-state index in [1.54, 1.807) is 11.3 Å². The Bertz CT molecular complexity index is 492. The van der Waals surface area contributed by atoms with Crippen LogP contribution in [-0.2, 0) is 13.0 Å². The van der Waals surface area contributed by atoms with Crippen LogP contribution in [0.25, 0.3) is 0 Å². The molecule has 0 aromatic carbocycles. The van der Waals surface area contributed by atoms with Gasteiger partial charge in [0.05, 0.1) is 0 Å². The minimum absolute atomic E-state index is 0.317. The summed E-state index contributed by atoms with van der Waals surface area (Å²) in [6.45, 7) is 3.23. The van der Waals surface area contributed by atoms with Gasteiger partial charge in [-0.25, -0.2) is 4.98 Å². The van der Waals surface area contributed by atoms with E-state index in [4.69, 9.17) is 0 Å². The highest BCUT2D eigenvalue weighted by Gasteiger charge is 2.17. The van der Waals surface area contributed by atoms with Crippen molar-refractivity contribution in [2.24, 2.45) is 0 Å². The van der Waals surface area contributed by atoms with Crippen LogP contribution in [0, 0.1) is 0 Å². The zero-order chi connectivity index (χ0) is 13.0. The molecule has 18 heavy (non-hydrogen) atoms. The third-order valence-electron chi connectivity index (χ3n) is 2.96. The molecule has 0 radical (unpaired) electrons. The van der Waals surface area contributed by atoms with Crippen molar-refractivity contribution in [2.75, 3.05) is 7.05 Å². The molecule has 2 aromatic rings. The lowest BCUT2D eigenvalue weighted by Crippen LogP contribution is -2.20. The highest BCUT2D eigenvalue weighted by molar-refractivity contribution is 9.10. The van der Waals surface area contributed by atoms with Crippen molar-refractivity contribution < 1.29 is 0 Å². The zero-order valence-electron chi connectivity index (χ0n) is 10.7. The first kappa shape index (κ1) is 13.8. The second-order valence-corrected chi connectivity index (χ2v) is 6.02. The zero-order valence-corrected chi connectivity index (χ0v) is 13.1. The number of hydrogen-bond acceptors (Lipinski definition) is 3. The van der Waals surface area contributed by atoms with Gasteiger partial charge in [0.2, 0.25) is 0 Å². The molecule has 0 aliphatic heterocycles. The fourth-order valence-electron chi connectivity index (χ4n) is 2.04. The lowest BCUT2D eigenvalue weighted by Gasteiger charge is -2.16. The van der Waals surface area contributed by atoms with Gasteiger partial charge in [0, 0.05) is 40.8 Å². The summed E-state index contributed by atoms with van der Waals surface area (Å²) in [5, 5.41) is 5.49. The fraction of sp³-hybridized carbons (Fsp3) is 0.462. The molecule has 0 saturated heterocycles. The minimum Gasteiger partial charge on any atom is -0.335 e. The molecule has 0 bridgehead atoms. The van der Waals surface area contributed by atoms with Crippen LogP contribution in [0.2, 0.25) is 0 Å². The number of imidazole rings is 1. The Morgan fingerprint density at radius 2 is 2.39 bits per heavy atom. The Kier molecular flexibility index (Phi) is 4.97. The van der Waals surface area contributed by atoms with Gasteiger partial charge in [-0.05, 0) is 40.8 Å². The predicted molar refractivity (Wildman–Crippen MR) is 80.0 cm³/mol. The lowest BCUT2D eigenvalue weighted by molar-refractivity contribution is 0.548. The number of aryl methyl sites for hydroxylation is 1. The van der Waals surface area contributed by atoms with Gasteiger partial charge in [0.1, 0.15) is 5.82 Å². The van der Waals surface area contributed by atoms with Crippen LogP contribution in [0.15, 0.2) is 28.3 Å². The number of nitrogens with one attached hydrogen (secondary N) is 1. The third kappa shape index (κ3) is 3.02. The fourth-order valence-corrected chi connectivity index (χ4v) is 3.80. The van der Waals surface area contributed by atoms with Crippen molar-refractivity contribution in [1.82, 2.24) is 14.9 Å². The number of thiophene rings is 1. The average Bonchev–Trinajstić information content (AvgIpc) is 2.96. The second kappa shape index (κ2) is 6.50. The summed E-state index contributed by atoms with van der Waals surface area (Å²) in [4.78, 5) is 5.81. The number of hydrogen-bond donors (Lipinski definition) is 1. The number of halogens is 1. The van der Waals surface area contributed by atoms with Crippen molar-refractivity contribution in [1.29, 1.82) is 0 Å². The lowest BCUT2D eigenvalue weighted by atomic mass is 10.1. The number of likely N-dealkylation sites (N-methyl/N-ethyl adjacent to an activating group) is 1. The first-order valence-electron chi connectivity index (χ1n) is 6.16. The molecule has 0 spiro atoms. The average molecular weight is 328 g/mol. The molecule has 5 heteroatoms. The van der Waals surface area contributed by atoms with Gasteiger partial charge in [0.15, 0.2) is 0 Å². The summed E-state index contributed by atoms with van der Waals surface area (Å²) in [5.74, 6) is 1.15. The summed E-state index contributed by atoms with van der Waals surface area (Å²) < 4.78 is 3.42. The topological polar surface area (TPSA) is 29.9 Å². The van der Waals surface area contributed by atoms with Crippen molar-refractivity contribution in [3.05, 3.63) is 39.0 Å². The van der Waals surface area contributed by atoms with Gasteiger partial charge in [-0.3, -0.25) is 0 Å². The number of rotatable bonds is 6. The summed E-state index contributed by atoms with van der Waals surface area (Å²) in [6, 6.07) is 2.42. The van der Waals surface area contributed by atoms with Gasteiger partial charge >= 0.3 is 0 Å². The van der Waals surface area contributed by atoms with E-state index in [1.807, 2.05) is 13.2 Å². The van der Waals surface area contributed by atoms with Crippen LogP contribution < -0.4 is 5.32 Å². The van der Waals surface area contributed by atoms with E-state index in [0.717, 1.165) is 25.2 Å². The molecule has 0 aliphatic carbocycles. The van der Waals surface area contributed by atoms with Crippen LogP contribution in [0.4, 0.5) is 0 Å². The van der Waals surface area contributed by atoms with Gasteiger partial charge in [0.25, 0.3) is 0 Å². The first-order valence-corrected chi connectivity index (χ1v) is 7.83. The SMILES string of the molecule is CCCn1ccnc1CC(NC)c1sccc1Br. The molecule has 1 atom stereocenters. The maximum atomic E-state index is 4.47. The van der Waals surface area contributed by atoms with Crippen molar-refractivity contribution in [2.45, 2.75) is 32.4 Å². The summed E-state index contributed by atoms with van der Waals surface area (Å²) in [5.41, 5.74) is 0. The molecule has 2 aromatic heterocycles. The Morgan fingerprint density at radius 1 is 1.56 bits per heavy atom. The van der Waals surface area contributed by atoms with Crippen LogP contribution in [0.3, 0.4) is 0 Å². The van der Waals surface area contributed by atoms with Gasteiger partial charge in [-0.15, -0.1) is 11.3 Å². The van der Waals surface area contributed by atoms with Gasteiger partial charge in [-0.1, -0.05) is 6.92 Å². The molecule has 2 rings (SSSR count). The number of nitrogens with zero attached hydrogens (tertiary/aromatic N) is 2. The van der Waals surface area contributed by atoms with E-state index in [0.29, 0.717) is 6.04 Å². The van der Waals surface area contributed by atoms with E-state index in [9.17, 15) is 0 Å². The maximum absolute atomic E-state index is 4.47. The molecule has 0 aliphatic rings. The van der Waals surface area contributed by atoms with Gasteiger partial charge in [-0.2, -0.15) is 0 Å². The Hall–Kier alpha value is -0.650. The van der Waals surface area contributed by atoms with E-state index < -0.39 is 0 Å². The normalized spacial score (nSPS) is 12.8. The summed E-state index contributed by atoms with van der Waals surface area (Å²) in [7, 11) is 2.00. The van der Waals surface area contributed by atoms with E-state index in [-0.39, 0.29) is 0 Å². The molecule has 0 amide bonds. The minimum atomic E-state index is 0.317. The molecule has 1 N–H and O–H groups in total. The number of aromatic nitrogens is 2. The first-order chi connectivity index (χ1) is 8.76. The maximum Gasteiger partial charge on any atom is 0.110 e. The quantitative estimate of drug-likeness (QED) is 0.878. The molecule has 0 fully saturated rings. The van der Waals surface area contributed by atoms with E-state index in [2.05, 4.69) is 55.4 Å².